The van der Waals surface area contributed by atoms with E-state index >= 15 is 0 Å². The van der Waals surface area contributed by atoms with Gasteiger partial charge in [-0.1, -0.05) is 19.8 Å². The van der Waals surface area contributed by atoms with Gasteiger partial charge in [0.25, 0.3) is 0 Å². The van der Waals surface area contributed by atoms with Crippen molar-refractivity contribution in [1.29, 1.82) is 0 Å². The summed E-state index contributed by atoms with van der Waals surface area (Å²) in [4.78, 5) is 40.0. The minimum atomic E-state index is -0.982. The lowest BCUT2D eigenvalue weighted by Gasteiger charge is -2.38. The van der Waals surface area contributed by atoms with Crippen molar-refractivity contribution in [2.24, 2.45) is 11.8 Å². The van der Waals surface area contributed by atoms with Crippen molar-refractivity contribution in [2.75, 3.05) is 26.3 Å². The highest BCUT2D eigenvalue weighted by Gasteiger charge is 2.39. The fraction of sp³-hybridized carbons (Fsp3) is 0.464. The molecule has 6 nitrogen and oxygen atoms in total. The Kier molecular flexibility index (Phi) is 8.63. The average Bonchev–Trinajstić information content (AvgIpc) is 2.91. The molecule has 1 heterocycles. The Hall–Kier alpha value is -3.20. The minimum Gasteiger partial charge on any atom is -0.485 e. The summed E-state index contributed by atoms with van der Waals surface area (Å²) in [6.45, 7) is 2.12. The normalized spacial score (nSPS) is 21.9. The third-order valence-corrected chi connectivity index (χ3v) is 7.05. The van der Waals surface area contributed by atoms with Gasteiger partial charge in [-0.25, -0.2) is 13.2 Å². The third kappa shape index (κ3) is 6.21. The van der Waals surface area contributed by atoms with Crippen molar-refractivity contribution in [3.63, 3.8) is 0 Å². The zero-order valence-electron chi connectivity index (χ0n) is 20.7. The number of ketones is 2. The molecule has 4 rings (SSSR count). The first-order valence-corrected chi connectivity index (χ1v) is 12.6. The van der Waals surface area contributed by atoms with Crippen LogP contribution < -0.4 is 4.74 Å². The number of hydrogen-bond donors (Lipinski definition) is 0. The van der Waals surface area contributed by atoms with Crippen LogP contribution in [0.15, 0.2) is 36.4 Å². The van der Waals surface area contributed by atoms with Crippen LogP contribution in [0.25, 0.3) is 0 Å². The molecule has 0 radical (unpaired) electrons. The van der Waals surface area contributed by atoms with E-state index in [-0.39, 0.29) is 49.2 Å². The molecule has 1 amide bonds. The van der Waals surface area contributed by atoms with Crippen LogP contribution in [0, 0.1) is 29.3 Å². The molecule has 198 valence electrons. The fourth-order valence-corrected chi connectivity index (χ4v) is 5.06. The smallest absolute Gasteiger partial charge is 0.226 e. The van der Waals surface area contributed by atoms with Crippen LogP contribution in [0.5, 0.6) is 5.75 Å². The number of amides is 1. The number of rotatable bonds is 8. The lowest BCUT2D eigenvalue weighted by molar-refractivity contribution is -0.146. The van der Waals surface area contributed by atoms with Gasteiger partial charge >= 0.3 is 0 Å². The highest BCUT2D eigenvalue weighted by Crippen LogP contribution is 2.34. The van der Waals surface area contributed by atoms with E-state index in [1.54, 1.807) is 11.8 Å². The van der Waals surface area contributed by atoms with E-state index in [0.717, 1.165) is 25.0 Å². The Morgan fingerprint density at radius 2 is 1.62 bits per heavy atom. The molecular formula is C28H30F3NO5. The summed E-state index contributed by atoms with van der Waals surface area (Å²) in [5.41, 5.74) is 0.322. The predicted octanol–water partition coefficient (Wildman–Crippen LogP) is 4.99. The van der Waals surface area contributed by atoms with Gasteiger partial charge in [-0.15, -0.1) is 0 Å². The lowest BCUT2D eigenvalue weighted by Crippen LogP contribution is -2.51. The fourth-order valence-electron chi connectivity index (χ4n) is 5.06. The first kappa shape index (κ1) is 26.9. The SMILES string of the molecule is CCC(=O)c1cc(F)c(OCC2CN(C(=O)C3CCCCC3C(=O)c3ccc(F)cc3)CCO2)c(F)c1. The van der Waals surface area contributed by atoms with Crippen LogP contribution >= 0.6 is 0 Å². The van der Waals surface area contributed by atoms with Crippen LogP contribution in [-0.2, 0) is 9.53 Å². The van der Waals surface area contributed by atoms with E-state index in [4.69, 9.17) is 9.47 Å². The molecule has 0 aromatic heterocycles. The van der Waals surface area contributed by atoms with Crippen molar-refractivity contribution in [3.05, 3.63) is 65.0 Å². The summed E-state index contributed by atoms with van der Waals surface area (Å²) in [5, 5.41) is 0. The Balaban J connectivity index is 1.40. The third-order valence-electron chi connectivity index (χ3n) is 7.05. The van der Waals surface area contributed by atoms with Gasteiger partial charge in [-0.2, -0.15) is 0 Å². The molecule has 3 unspecified atom stereocenters. The number of benzene rings is 2. The van der Waals surface area contributed by atoms with Crippen molar-refractivity contribution >= 4 is 17.5 Å². The number of morpholine rings is 1. The average molecular weight is 518 g/mol. The second kappa shape index (κ2) is 11.9. The van der Waals surface area contributed by atoms with E-state index in [1.165, 1.54) is 24.3 Å². The predicted molar refractivity (Wildman–Crippen MR) is 129 cm³/mol. The molecule has 2 aliphatic rings. The monoisotopic (exact) mass is 517 g/mol. The molecule has 2 aromatic rings. The van der Waals surface area contributed by atoms with Crippen LogP contribution in [0.2, 0.25) is 0 Å². The molecule has 37 heavy (non-hydrogen) atoms. The quantitative estimate of drug-likeness (QED) is 0.462. The van der Waals surface area contributed by atoms with Crippen LogP contribution in [0.1, 0.15) is 59.7 Å². The molecule has 9 heteroatoms. The van der Waals surface area contributed by atoms with E-state index in [2.05, 4.69) is 0 Å². The Morgan fingerprint density at radius 1 is 0.973 bits per heavy atom. The van der Waals surface area contributed by atoms with Gasteiger partial charge in [0.1, 0.15) is 18.5 Å². The van der Waals surface area contributed by atoms with Crippen LogP contribution in [0.4, 0.5) is 13.2 Å². The zero-order valence-corrected chi connectivity index (χ0v) is 20.7. The van der Waals surface area contributed by atoms with Gasteiger partial charge < -0.3 is 14.4 Å². The van der Waals surface area contributed by atoms with Crippen molar-refractivity contribution in [3.8, 4) is 5.75 Å². The number of carbonyl (C=O) groups excluding carboxylic acids is 3. The Labute approximate surface area is 213 Å². The van der Waals surface area contributed by atoms with Gasteiger partial charge in [0, 0.05) is 35.9 Å². The van der Waals surface area contributed by atoms with Crippen molar-refractivity contribution in [1.82, 2.24) is 4.90 Å². The summed E-state index contributed by atoms with van der Waals surface area (Å²) in [6, 6.07) is 7.25. The van der Waals surface area contributed by atoms with Crippen LogP contribution in [0.3, 0.4) is 0 Å². The lowest BCUT2D eigenvalue weighted by atomic mass is 9.74. The van der Waals surface area contributed by atoms with Crippen molar-refractivity contribution < 1.29 is 37.0 Å². The Bertz CT molecular complexity index is 1130. The van der Waals surface area contributed by atoms with Gasteiger partial charge in [0.2, 0.25) is 5.91 Å². The largest absolute Gasteiger partial charge is 0.485 e. The summed E-state index contributed by atoms with van der Waals surface area (Å²) >= 11 is 0. The maximum absolute atomic E-state index is 14.4. The van der Waals surface area contributed by atoms with Gasteiger partial charge in [-0.3, -0.25) is 14.4 Å². The second-order valence-electron chi connectivity index (χ2n) is 9.50. The molecular weight excluding hydrogens is 487 g/mol. The van der Waals surface area contributed by atoms with E-state index in [0.29, 0.717) is 24.9 Å². The number of halogens is 3. The number of nitrogens with zero attached hydrogens (tertiary/aromatic N) is 1. The highest BCUT2D eigenvalue weighted by molar-refractivity contribution is 6.00. The van der Waals surface area contributed by atoms with Gasteiger partial charge in [0.15, 0.2) is 29.0 Å². The van der Waals surface area contributed by atoms with E-state index in [1.807, 2.05) is 0 Å². The molecule has 1 aliphatic carbocycles. The molecule has 2 aromatic carbocycles. The summed E-state index contributed by atoms with van der Waals surface area (Å²) in [6.07, 6.45) is 2.32. The molecule has 2 fully saturated rings. The first-order valence-electron chi connectivity index (χ1n) is 12.6. The number of ether oxygens (including phenoxy) is 2. The minimum absolute atomic E-state index is 0.0623. The topological polar surface area (TPSA) is 72.9 Å². The van der Waals surface area contributed by atoms with E-state index < -0.39 is 41.1 Å². The van der Waals surface area contributed by atoms with Crippen molar-refractivity contribution in [2.45, 2.75) is 45.1 Å². The zero-order chi connectivity index (χ0) is 26.5. The number of hydrogen-bond acceptors (Lipinski definition) is 5. The molecule has 1 saturated heterocycles. The van der Waals surface area contributed by atoms with Gasteiger partial charge in [-0.05, 0) is 49.2 Å². The number of Topliss-reactive ketones (excluding diaryl/α,β-unsaturated/α-hetero) is 2. The molecule has 1 aliphatic heterocycles. The molecule has 3 atom stereocenters. The summed E-state index contributed by atoms with van der Waals surface area (Å²) < 4.78 is 53.2. The summed E-state index contributed by atoms with van der Waals surface area (Å²) in [7, 11) is 0. The first-order chi connectivity index (χ1) is 17.8. The maximum Gasteiger partial charge on any atom is 0.226 e. The molecule has 0 spiro atoms. The second-order valence-corrected chi connectivity index (χ2v) is 9.50. The maximum atomic E-state index is 14.4. The molecule has 0 bridgehead atoms. The molecule has 1 saturated carbocycles. The standard InChI is InChI=1S/C28H30F3NO5/c1-2-25(33)18-13-23(30)27(24(31)14-18)37-16-20-15-32(11-12-36-20)28(35)22-6-4-3-5-21(22)26(34)17-7-9-19(29)10-8-17/h7-10,13-14,20-22H,2-6,11-12,15-16H2,1H3. The highest BCUT2D eigenvalue weighted by atomic mass is 19.1. The Morgan fingerprint density at radius 3 is 2.27 bits per heavy atom. The number of carbonyl (C=O) groups is 3. The van der Waals surface area contributed by atoms with Crippen LogP contribution in [-0.4, -0.2) is 54.8 Å². The summed E-state index contributed by atoms with van der Waals surface area (Å²) in [5.74, 6) is -4.68. The molecule has 0 N–H and O–H groups in total. The van der Waals surface area contributed by atoms with E-state index in [9.17, 15) is 27.6 Å². The van der Waals surface area contributed by atoms with Gasteiger partial charge in [0.05, 0.1) is 13.2 Å².